The van der Waals surface area contributed by atoms with Crippen LogP contribution < -0.4 is 19.1 Å². The average Bonchev–Trinajstić information content (AvgIpc) is 3.37. The summed E-state index contributed by atoms with van der Waals surface area (Å²) in [4.78, 5) is 40.5. The maximum Gasteiger partial charge on any atom is 0.321 e. The van der Waals surface area contributed by atoms with Gasteiger partial charge in [-0.2, -0.15) is 9.57 Å². The van der Waals surface area contributed by atoms with E-state index in [-0.39, 0.29) is 45.5 Å². The number of hydrogen-bond acceptors (Lipinski definition) is 10. The summed E-state index contributed by atoms with van der Waals surface area (Å²) in [6.45, 7) is 5.20. The van der Waals surface area contributed by atoms with Crippen molar-refractivity contribution in [2.24, 2.45) is 0 Å². The first-order valence-electron chi connectivity index (χ1n) is 16.0. The number of urea groups is 1. The van der Waals surface area contributed by atoms with E-state index < -0.39 is 33.5 Å². The van der Waals surface area contributed by atoms with Gasteiger partial charge >= 0.3 is 6.03 Å². The van der Waals surface area contributed by atoms with E-state index >= 15 is 9.59 Å². The summed E-state index contributed by atoms with van der Waals surface area (Å²) >= 11 is 0. The molecule has 1 unspecified atom stereocenters. The summed E-state index contributed by atoms with van der Waals surface area (Å²) in [5.41, 5.74) is -1.45. The van der Waals surface area contributed by atoms with Gasteiger partial charge in [0, 0.05) is 44.0 Å². The van der Waals surface area contributed by atoms with E-state index in [4.69, 9.17) is 9.47 Å². The predicted molar refractivity (Wildman–Crippen MR) is 177 cm³/mol. The number of sulfonamides is 1. The van der Waals surface area contributed by atoms with E-state index in [1.807, 2.05) is 7.05 Å². The van der Waals surface area contributed by atoms with E-state index in [0.717, 1.165) is 4.31 Å². The van der Waals surface area contributed by atoms with Gasteiger partial charge in [-0.25, -0.2) is 18.2 Å². The molecule has 4 heterocycles. The zero-order chi connectivity index (χ0) is 34.1. The summed E-state index contributed by atoms with van der Waals surface area (Å²) in [7, 11) is -1.29. The van der Waals surface area contributed by atoms with Crippen molar-refractivity contribution in [3.05, 3.63) is 77.5 Å². The molecule has 2 fully saturated rings. The number of ether oxygens (including phenoxy) is 2. The second kappa shape index (κ2) is 13.4. The average molecular weight is 674 g/mol. The third-order valence-electron chi connectivity index (χ3n) is 9.27. The minimum atomic E-state index is -4.65. The highest BCUT2D eigenvalue weighted by Gasteiger charge is 2.64. The van der Waals surface area contributed by atoms with Crippen LogP contribution in [0, 0.1) is 11.3 Å². The van der Waals surface area contributed by atoms with Crippen molar-refractivity contribution in [3.8, 4) is 17.7 Å². The van der Waals surface area contributed by atoms with Crippen molar-refractivity contribution >= 4 is 27.6 Å². The molecule has 252 valence electrons. The summed E-state index contributed by atoms with van der Waals surface area (Å²) in [5, 5.41) is 13.4. The van der Waals surface area contributed by atoms with Crippen LogP contribution in [0.2, 0.25) is 0 Å². The molecule has 1 atom stereocenters. The molecule has 0 aliphatic carbocycles. The highest BCUT2D eigenvalue weighted by Crippen LogP contribution is 2.54. The van der Waals surface area contributed by atoms with Gasteiger partial charge in [-0.1, -0.05) is 12.1 Å². The molecule has 6 rings (SSSR count). The third kappa shape index (κ3) is 5.41. The number of amides is 3. The van der Waals surface area contributed by atoms with Gasteiger partial charge in [0.05, 0.1) is 36.6 Å². The van der Waals surface area contributed by atoms with Crippen molar-refractivity contribution in [1.29, 1.82) is 5.26 Å². The zero-order valence-corrected chi connectivity index (χ0v) is 28.1. The number of hydrogen-bond donors (Lipinski definition) is 1. The predicted octanol–water partition coefficient (Wildman–Crippen LogP) is 2.76. The standard InChI is InChI=1S/C34H39N7O6S/c1-4-47-31-26(8-7-15-37-31)34(40(25-13-18-38(2)19-14-25)33(43)39-20-16-36-17-21-39)27-22-24(23-35)11-12-28(27)41(32(34)42)48(44,45)30-10-6-5-9-29(30)46-3/h5-12,15,22,25,36H,4,13-14,16-21H2,1-3H3. The molecule has 3 amide bonds. The number of likely N-dealkylation sites (tertiary alicyclic amines) is 1. The first-order chi connectivity index (χ1) is 23.2. The lowest BCUT2D eigenvalue weighted by molar-refractivity contribution is -0.127. The van der Waals surface area contributed by atoms with Crippen LogP contribution in [0.25, 0.3) is 0 Å². The quantitative estimate of drug-likeness (QED) is 0.379. The van der Waals surface area contributed by atoms with Crippen molar-refractivity contribution in [3.63, 3.8) is 0 Å². The fourth-order valence-corrected chi connectivity index (χ4v) is 8.61. The van der Waals surface area contributed by atoms with Crippen LogP contribution in [-0.2, 0) is 20.4 Å². The molecule has 0 spiro atoms. The monoisotopic (exact) mass is 673 g/mol. The fraction of sp³-hybridized carbons (Fsp3) is 0.412. The number of piperazine rings is 1. The molecule has 0 radical (unpaired) electrons. The van der Waals surface area contributed by atoms with Gasteiger partial charge in [-0.15, -0.1) is 0 Å². The van der Waals surface area contributed by atoms with Gasteiger partial charge in [-0.3, -0.25) is 9.69 Å². The van der Waals surface area contributed by atoms with Gasteiger partial charge in [-0.05, 0) is 82.4 Å². The molecule has 3 aromatic rings. The molecule has 14 heteroatoms. The number of methoxy groups -OCH3 is 1. The fourth-order valence-electron chi connectivity index (χ4n) is 6.99. The minimum Gasteiger partial charge on any atom is -0.495 e. The Labute approximate surface area is 280 Å². The number of para-hydroxylation sites is 1. The number of benzene rings is 2. The van der Waals surface area contributed by atoms with E-state index in [0.29, 0.717) is 52.1 Å². The number of aromatic nitrogens is 1. The summed E-state index contributed by atoms with van der Waals surface area (Å²) in [6.07, 6.45) is 2.58. The lowest BCUT2D eigenvalue weighted by atomic mass is 9.80. The van der Waals surface area contributed by atoms with Gasteiger partial charge in [0.15, 0.2) is 5.54 Å². The highest BCUT2D eigenvalue weighted by atomic mass is 32.2. The van der Waals surface area contributed by atoms with Crippen LogP contribution in [0.1, 0.15) is 36.5 Å². The Morgan fingerprint density at radius 2 is 1.81 bits per heavy atom. The Hall–Kier alpha value is -4.71. The van der Waals surface area contributed by atoms with E-state index in [2.05, 4.69) is 21.3 Å². The van der Waals surface area contributed by atoms with Crippen molar-refractivity contribution in [2.75, 3.05) is 64.3 Å². The van der Waals surface area contributed by atoms with E-state index in [1.54, 1.807) is 41.0 Å². The Bertz CT molecular complexity index is 1850. The van der Waals surface area contributed by atoms with Crippen LogP contribution in [0.4, 0.5) is 10.5 Å². The van der Waals surface area contributed by atoms with Crippen LogP contribution in [-0.4, -0.2) is 106 Å². The number of nitrogens with zero attached hydrogens (tertiary/aromatic N) is 6. The largest absolute Gasteiger partial charge is 0.495 e. The van der Waals surface area contributed by atoms with Crippen LogP contribution in [0.3, 0.4) is 0 Å². The van der Waals surface area contributed by atoms with Crippen molar-refractivity contribution in [1.82, 2.24) is 25.0 Å². The molecule has 48 heavy (non-hydrogen) atoms. The summed E-state index contributed by atoms with van der Waals surface area (Å²) in [6, 6.07) is 15.1. The Balaban J connectivity index is 1.71. The number of carbonyl (C=O) groups excluding carboxylic acids is 2. The molecule has 2 saturated heterocycles. The molecule has 3 aliphatic rings. The molecule has 3 aliphatic heterocycles. The van der Waals surface area contributed by atoms with Crippen LogP contribution >= 0.6 is 0 Å². The Kier molecular flexibility index (Phi) is 9.28. The van der Waals surface area contributed by atoms with E-state index in [1.165, 1.54) is 43.6 Å². The number of nitriles is 1. The smallest absolute Gasteiger partial charge is 0.321 e. The van der Waals surface area contributed by atoms with Gasteiger partial charge in [0.2, 0.25) is 5.88 Å². The summed E-state index contributed by atoms with van der Waals surface area (Å²) < 4.78 is 41.8. The number of carbonyl (C=O) groups is 2. The number of anilines is 1. The van der Waals surface area contributed by atoms with Crippen molar-refractivity contribution < 1.29 is 27.5 Å². The molecule has 0 bridgehead atoms. The number of pyridine rings is 1. The normalized spacial score (nSPS) is 20.2. The van der Waals surface area contributed by atoms with Gasteiger partial charge in [0.1, 0.15) is 10.6 Å². The first kappa shape index (κ1) is 33.2. The maximum atomic E-state index is 15.7. The second-order valence-corrected chi connectivity index (χ2v) is 13.7. The maximum absolute atomic E-state index is 15.7. The SMILES string of the molecule is CCOc1ncccc1C1(N(C(=O)N2CCNCC2)C2CCN(C)CC2)C(=O)N(S(=O)(=O)c2ccccc2OC)c2ccc(C#N)cc21. The molecular formula is C34H39N7O6S. The lowest BCUT2D eigenvalue weighted by Gasteiger charge is -2.49. The van der Waals surface area contributed by atoms with Gasteiger partial charge in [0.25, 0.3) is 15.9 Å². The highest BCUT2D eigenvalue weighted by molar-refractivity contribution is 7.93. The topological polar surface area (TPSA) is 148 Å². The number of rotatable bonds is 8. The minimum absolute atomic E-state index is 0.0299. The second-order valence-electron chi connectivity index (χ2n) is 12.0. The zero-order valence-electron chi connectivity index (χ0n) is 27.3. The summed E-state index contributed by atoms with van der Waals surface area (Å²) in [5.74, 6) is -0.752. The number of piperidine rings is 1. The Morgan fingerprint density at radius 3 is 2.50 bits per heavy atom. The number of nitrogens with one attached hydrogen (secondary N) is 1. The first-order valence-corrected chi connectivity index (χ1v) is 17.5. The molecule has 13 nitrogen and oxygen atoms in total. The lowest BCUT2D eigenvalue weighted by Crippen LogP contribution is -2.65. The van der Waals surface area contributed by atoms with Crippen molar-refractivity contribution in [2.45, 2.75) is 36.2 Å². The molecular weight excluding hydrogens is 634 g/mol. The van der Waals surface area contributed by atoms with Crippen LogP contribution in [0.15, 0.2) is 65.7 Å². The molecule has 2 aromatic carbocycles. The third-order valence-corrected chi connectivity index (χ3v) is 11.0. The number of fused-ring (bicyclic) bond motifs is 1. The Morgan fingerprint density at radius 1 is 1.08 bits per heavy atom. The van der Waals surface area contributed by atoms with Crippen LogP contribution in [0.5, 0.6) is 11.6 Å². The van der Waals surface area contributed by atoms with Gasteiger partial charge < -0.3 is 24.6 Å². The molecule has 0 saturated carbocycles. The van der Waals surface area contributed by atoms with E-state index in [9.17, 15) is 13.7 Å². The molecule has 1 N–H and O–H groups in total. The molecule has 1 aromatic heterocycles.